The Morgan fingerprint density at radius 2 is 2.10 bits per heavy atom. The Labute approximate surface area is 129 Å². The van der Waals surface area contributed by atoms with Gasteiger partial charge in [0.1, 0.15) is 0 Å². The monoisotopic (exact) mass is 360 g/mol. The molecular formula is C13H14BrClN2O3. The van der Waals surface area contributed by atoms with Gasteiger partial charge in [-0.1, -0.05) is 18.0 Å². The Hall–Kier alpha value is -1.27. The standard InChI is InChI=1S/C13H14BrClN2O3/c14-9-6-7(4-5-10(9)15)16-13(20)17-11-3-1-2-8(11)12(18)19/h4-6,8,11H,1-3H2,(H,18,19)(H2,16,17,20). The third kappa shape index (κ3) is 3.64. The zero-order valence-corrected chi connectivity index (χ0v) is 12.9. The number of carbonyl (C=O) groups excluding carboxylic acids is 1. The number of amides is 2. The number of urea groups is 1. The summed E-state index contributed by atoms with van der Waals surface area (Å²) in [5.41, 5.74) is 0.587. The van der Waals surface area contributed by atoms with E-state index >= 15 is 0 Å². The molecule has 0 saturated heterocycles. The molecule has 7 heteroatoms. The number of hydrogen-bond donors (Lipinski definition) is 3. The molecule has 1 aromatic carbocycles. The molecule has 0 aromatic heterocycles. The lowest BCUT2D eigenvalue weighted by molar-refractivity contribution is -0.142. The van der Waals surface area contributed by atoms with Crippen LogP contribution in [0.5, 0.6) is 0 Å². The summed E-state index contributed by atoms with van der Waals surface area (Å²) < 4.78 is 0.682. The van der Waals surface area contributed by atoms with E-state index in [1.165, 1.54) is 0 Å². The molecule has 1 aliphatic carbocycles. The fourth-order valence-corrected chi connectivity index (χ4v) is 2.83. The van der Waals surface area contributed by atoms with E-state index in [0.717, 1.165) is 6.42 Å². The summed E-state index contributed by atoms with van der Waals surface area (Å²) in [6, 6.07) is 4.30. The van der Waals surface area contributed by atoms with Crippen molar-refractivity contribution < 1.29 is 14.7 Å². The highest BCUT2D eigenvalue weighted by molar-refractivity contribution is 9.10. The lowest BCUT2D eigenvalue weighted by Gasteiger charge is -2.18. The maximum Gasteiger partial charge on any atom is 0.319 e. The second-order valence-electron chi connectivity index (χ2n) is 4.71. The third-order valence-electron chi connectivity index (χ3n) is 3.33. The van der Waals surface area contributed by atoms with Crippen molar-refractivity contribution in [2.24, 2.45) is 5.92 Å². The Morgan fingerprint density at radius 1 is 1.35 bits per heavy atom. The van der Waals surface area contributed by atoms with E-state index < -0.39 is 17.9 Å². The molecule has 2 atom stereocenters. The van der Waals surface area contributed by atoms with Crippen LogP contribution in [0.25, 0.3) is 0 Å². The maximum absolute atomic E-state index is 11.9. The van der Waals surface area contributed by atoms with Crippen LogP contribution in [0.15, 0.2) is 22.7 Å². The average molecular weight is 362 g/mol. The molecule has 1 saturated carbocycles. The minimum Gasteiger partial charge on any atom is -0.481 e. The molecule has 0 radical (unpaired) electrons. The average Bonchev–Trinajstić information content (AvgIpc) is 2.82. The first-order valence-electron chi connectivity index (χ1n) is 6.23. The highest BCUT2D eigenvalue weighted by Gasteiger charge is 2.33. The smallest absolute Gasteiger partial charge is 0.319 e. The number of rotatable bonds is 3. The van der Waals surface area contributed by atoms with Gasteiger partial charge in [-0.2, -0.15) is 0 Å². The normalized spacial score (nSPS) is 21.5. The number of anilines is 1. The molecule has 1 aromatic rings. The van der Waals surface area contributed by atoms with Crippen molar-refractivity contribution in [3.8, 4) is 0 Å². The summed E-state index contributed by atoms with van der Waals surface area (Å²) in [6.07, 6.45) is 2.11. The van der Waals surface area contributed by atoms with Crippen molar-refractivity contribution in [3.05, 3.63) is 27.7 Å². The molecule has 20 heavy (non-hydrogen) atoms. The highest BCUT2D eigenvalue weighted by atomic mass is 79.9. The SMILES string of the molecule is O=C(Nc1ccc(Cl)c(Br)c1)NC1CCCC1C(=O)O. The largest absolute Gasteiger partial charge is 0.481 e. The topological polar surface area (TPSA) is 78.4 Å². The summed E-state index contributed by atoms with van der Waals surface area (Å²) in [5, 5.41) is 15.0. The molecule has 0 heterocycles. The lowest BCUT2D eigenvalue weighted by atomic mass is 10.0. The van der Waals surface area contributed by atoms with E-state index in [1.807, 2.05) is 0 Å². The number of carboxylic acid groups (broad SMARTS) is 1. The van der Waals surface area contributed by atoms with Crippen LogP contribution in [0.2, 0.25) is 5.02 Å². The summed E-state index contributed by atoms with van der Waals surface area (Å²) in [6.45, 7) is 0. The number of hydrogen-bond acceptors (Lipinski definition) is 2. The number of aliphatic carboxylic acids is 1. The van der Waals surface area contributed by atoms with Crippen LogP contribution in [0.1, 0.15) is 19.3 Å². The van der Waals surface area contributed by atoms with Crippen LogP contribution >= 0.6 is 27.5 Å². The van der Waals surface area contributed by atoms with Gasteiger partial charge in [0.2, 0.25) is 0 Å². The van der Waals surface area contributed by atoms with Crippen LogP contribution in [0.4, 0.5) is 10.5 Å². The van der Waals surface area contributed by atoms with Crippen molar-refractivity contribution >= 4 is 45.2 Å². The molecule has 1 fully saturated rings. The molecular weight excluding hydrogens is 348 g/mol. The zero-order valence-electron chi connectivity index (χ0n) is 10.5. The Balaban J connectivity index is 1.95. The van der Waals surface area contributed by atoms with Crippen LogP contribution < -0.4 is 10.6 Å². The van der Waals surface area contributed by atoms with Crippen LogP contribution in [0.3, 0.4) is 0 Å². The molecule has 2 unspecified atom stereocenters. The van der Waals surface area contributed by atoms with E-state index in [2.05, 4.69) is 26.6 Å². The molecule has 108 valence electrons. The second kappa shape index (κ2) is 6.45. The zero-order chi connectivity index (χ0) is 14.7. The first-order valence-corrected chi connectivity index (χ1v) is 7.40. The molecule has 2 amide bonds. The van der Waals surface area contributed by atoms with Crippen molar-refractivity contribution in [2.45, 2.75) is 25.3 Å². The van der Waals surface area contributed by atoms with Gasteiger partial charge in [0.05, 0.1) is 10.9 Å². The number of carbonyl (C=O) groups is 2. The lowest BCUT2D eigenvalue weighted by Crippen LogP contribution is -2.42. The van der Waals surface area contributed by atoms with Crippen LogP contribution in [0, 0.1) is 5.92 Å². The van der Waals surface area contributed by atoms with E-state index in [4.69, 9.17) is 16.7 Å². The predicted molar refractivity (Wildman–Crippen MR) is 80.1 cm³/mol. The van der Waals surface area contributed by atoms with Gasteiger partial charge >= 0.3 is 12.0 Å². The van der Waals surface area contributed by atoms with Gasteiger partial charge in [0.15, 0.2) is 0 Å². The van der Waals surface area contributed by atoms with E-state index in [1.54, 1.807) is 18.2 Å². The maximum atomic E-state index is 11.9. The molecule has 0 bridgehead atoms. The van der Waals surface area contributed by atoms with Gasteiger partial charge in [-0.25, -0.2) is 4.79 Å². The second-order valence-corrected chi connectivity index (χ2v) is 5.97. The molecule has 3 N–H and O–H groups in total. The van der Waals surface area contributed by atoms with E-state index in [9.17, 15) is 9.59 Å². The number of halogens is 2. The summed E-state index contributed by atoms with van der Waals surface area (Å²) >= 11 is 9.14. The number of nitrogens with one attached hydrogen (secondary N) is 2. The van der Waals surface area contributed by atoms with Crippen molar-refractivity contribution in [3.63, 3.8) is 0 Å². The Kier molecular flexibility index (Phi) is 4.88. The summed E-state index contributed by atoms with van der Waals surface area (Å²) in [7, 11) is 0. The molecule has 0 spiro atoms. The first kappa shape index (κ1) is 15.1. The van der Waals surface area contributed by atoms with Gasteiger partial charge in [-0.3, -0.25) is 4.79 Å². The number of carboxylic acids is 1. The third-order valence-corrected chi connectivity index (χ3v) is 4.54. The molecule has 1 aliphatic rings. The van der Waals surface area contributed by atoms with Gasteiger partial charge in [0, 0.05) is 16.2 Å². The van der Waals surface area contributed by atoms with Crippen molar-refractivity contribution in [2.75, 3.05) is 5.32 Å². The van der Waals surface area contributed by atoms with Gasteiger partial charge in [-0.05, 0) is 47.0 Å². The minimum atomic E-state index is -0.859. The van der Waals surface area contributed by atoms with Crippen molar-refractivity contribution in [1.29, 1.82) is 0 Å². The van der Waals surface area contributed by atoms with Gasteiger partial charge in [-0.15, -0.1) is 0 Å². The Bertz CT molecular complexity index is 538. The molecule has 5 nitrogen and oxygen atoms in total. The minimum absolute atomic E-state index is 0.316. The van der Waals surface area contributed by atoms with Gasteiger partial charge in [0.25, 0.3) is 0 Å². The first-order chi connectivity index (χ1) is 9.47. The predicted octanol–water partition coefficient (Wildman–Crippen LogP) is 3.48. The molecule has 0 aliphatic heterocycles. The highest BCUT2D eigenvalue weighted by Crippen LogP contribution is 2.27. The van der Waals surface area contributed by atoms with E-state index in [0.29, 0.717) is 28.0 Å². The van der Waals surface area contributed by atoms with Crippen molar-refractivity contribution in [1.82, 2.24) is 5.32 Å². The summed E-state index contributed by atoms with van der Waals surface area (Å²) in [5.74, 6) is -1.36. The van der Waals surface area contributed by atoms with E-state index in [-0.39, 0.29) is 6.04 Å². The fraction of sp³-hybridized carbons (Fsp3) is 0.385. The quantitative estimate of drug-likeness (QED) is 0.771. The number of benzene rings is 1. The fourth-order valence-electron chi connectivity index (χ4n) is 2.34. The van der Waals surface area contributed by atoms with Gasteiger partial charge < -0.3 is 15.7 Å². The Morgan fingerprint density at radius 3 is 2.75 bits per heavy atom. The summed E-state index contributed by atoms with van der Waals surface area (Å²) in [4.78, 5) is 22.9. The van der Waals surface area contributed by atoms with Crippen LogP contribution in [-0.4, -0.2) is 23.1 Å². The molecule has 2 rings (SSSR count). The van der Waals surface area contributed by atoms with Crippen LogP contribution in [-0.2, 0) is 4.79 Å².